The molecule has 0 spiro atoms. The third kappa shape index (κ3) is 2.77. The van der Waals surface area contributed by atoms with Crippen LogP contribution >= 0.6 is 23.1 Å². The van der Waals surface area contributed by atoms with Gasteiger partial charge in [0, 0.05) is 29.8 Å². The van der Waals surface area contributed by atoms with Gasteiger partial charge < -0.3 is 10.2 Å². The second-order valence-corrected chi connectivity index (χ2v) is 6.74. The molecule has 0 radical (unpaired) electrons. The standard InChI is InChI=1S/C12H21N3S2/c1-8(13-3)11-9(2)14-12(17-11)15(4)10-5-6-16-7-10/h8,10,13H,5-7H2,1-4H3. The van der Waals surface area contributed by atoms with Gasteiger partial charge >= 0.3 is 0 Å². The monoisotopic (exact) mass is 271 g/mol. The molecule has 1 aliphatic heterocycles. The van der Waals surface area contributed by atoms with Crippen molar-refractivity contribution in [3.8, 4) is 0 Å². The Labute approximate surface area is 112 Å². The van der Waals surface area contributed by atoms with E-state index in [9.17, 15) is 0 Å². The number of rotatable bonds is 4. The summed E-state index contributed by atoms with van der Waals surface area (Å²) in [5.74, 6) is 2.53. The van der Waals surface area contributed by atoms with Crippen molar-refractivity contribution in [3.05, 3.63) is 10.6 Å². The van der Waals surface area contributed by atoms with Crippen molar-refractivity contribution in [1.29, 1.82) is 0 Å². The van der Waals surface area contributed by atoms with Crippen LogP contribution in [0, 0.1) is 6.92 Å². The SMILES string of the molecule is CNC(C)c1sc(N(C)C2CCSC2)nc1C. The van der Waals surface area contributed by atoms with Gasteiger partial charge in [0.05, 0.1) is 5.69 Å². The predicted molar refractivity (Wildman–Crippen MR) is 78.5 cm³/mol. The lowest BCUT2D eigenvalue weighted by Crippen LogP contribution is -2.31. The number of nitrogens with one attached hydrogen (secondary N) is 1. The van der Waals surface area contributed by atoms with E-state index in [0.29, 0.717) is 12.1 Å². The molecule has 1 aromatic heterocycles. The number of aromatic nitrogens is 1. The smallest absolute Gasteiger partial charge is 0.185 e. The zero-order valence-corrected chi connectivity index (χ0v) is 12.6. The summed E-state index contributed by atoms with van der Waals surface area (Å²) in [4.78, 5) is 8.45. The fraction of sp³-hybridized carbons (Fsp3) is 0.750. The van der Waals surface area contributed by atoms with Crippen molar-refractivity contribution >= 4 is 28.2 Å². The van der Waals surface area contributed by atoms with Crippen molar-refractivity contribution < 1.29 is 0 Å². The van der Waals surface area contributed by atoms with Gasteiger partial charge in [0.2, 0.25) is 0 Å². The van der Waals surface area contributed by atoms with Crippen molar-refractivity contribution in [2.45, 2.75) is 32.4 Å². The number of hydrogen-bond donors (Lipinski definition) is 1. The molecular formula is C12H21N3S2. The Morgan fingerprint density at radius 2 is 2.29 bits per heavy atom. The largest absolute Gasteiger partial charge is 0.347 e. The van der Waals surface area contributed by atoms with E-state index < -0.39 is 0 Å². The van der Waals surface area contributed by atoms with Crippen LogP contribution < -0.4 is 10.2 Å². The Bertz CT molecular complexity index is 372. The highest BCUT2D eigenvalue weighted by Crippen LogP contribution is 2.33. The Kier molecular flexibility index (Phi) is 4.33. The van der Waals surface area contributed by atoms with Crippen LogP contribution in [-0.4, -0.2) is 36.6 Å². The zero-order chi connectivity index (χ0) is 12.4. The molecular weight excluding hydrogens is 250 g/mol. The second-order valence-electron chi connectivity index (χ2n) is 4.58. The van der Waals surface area contributed by atoms with Gasteiger partial charge in [0.15, 0.2) is 5.13 Å². The Morgan fingerprint density at radius 1 is 1.53 bits per heavy atom. The highest BCUT2D eigenvalue weighted by Gasteiger charge is 2.23. The summed E-state index contributed by atoms with van der Waals surface area (Å²) in [6.07, 6.45) is 1.29. The molecule has 1 saturated heterocycles. The molecule has 0 bridgehead atoms. The summed E-state index contributed by atoms with van der Waals surface area (Å²) in [6, 6.07) is 1.07. The van der Waals surface area contributed by atoms with E-state index in [2.05, 4.69) is 31.1 Å². The quantitative estimate of drug-likeness (QED) is 0.911. The van der Waals surface area contributed by atoms with Gasteiger partial charge in [-0.2, -0.15) is 11.8 Å². The number of nitrogens with zero attached hydrogens (tertiary/aromatic N) is 2. The highest BCUT2D eigenvalue weighted by molar-refractivity contribution is 7.99. The van der Waals surface area contributed by atoms with Crippen LogP contribution in [0.15, 0.2) is 0 Å². The second kappa shape index (κ2) is 5.59. The lowest BCUT2D eigenvalue weighted by molar-refractivity contribution is 0.658. The van der Waals surface area contributed by atoms with E-state index in [4.69, 9.17) is 4.98 Å². The number of thioether (sulfide) groups is 1. The molecule has 0 amide bonds. The van der Waals surface area contributed by atoms with E-state index in [1.807, 2.05) is 30.1 Å². The van der Waals surface area contributed by atoms with Crippen molar-refractivity contribution in [2.75, 3.05) is 30.5 Å². The maximum atomic E-state index is 4.72. The predicted octanol–water partition coefficient (Wildman–Crippen LogP) is 2.67. The summed E-state index contributed by atoms with van der Waals surface area (Å²) in [7, 11) is 4.18. The third-order valence-electron chi connectivity index (χ3n) is 3.40. The summed E-state index contributed by atoms with van der Waals surface area (Å²) < 4.78 is 0. The molecule has 5 heteroatoms. The number of anilines is 1. The fourth-order valence-electron chi connectivity index (χ4n) is 2.06. The van der Waals surface area contributed by atoms with Gasteiger partial charge in [-0.25, -0.2) is 4.98 Å². The Morgan fingerprint density at radius 3 is 2.88 bits per heavy atom. The first-order valence-corrected chi connectivity index (χ1v) is 8.05. The molecule has 0 aliphatic carbocycles. The van der Waals surface area contributed by atoms with Crippen LogP contribution in [0.1, 0.15) is 30.0 Å². The van der Waals surface area contributed by atoms with E-state index in [1.54, 1.807) is 0 Å². The Balaban J connectivity index is 2.15. The molecule has 96 valence electrons. The molecule has 1 fully saturated rings. The van der Waals surface area contributed by atoms with Crippen molar-refractivity contribution in [2.24, 2.45) is 0 Å². The molecule has 2 heterocycles. The van der Waals surface area contributed by atoms with Gasteiger partial charge in [0.1, 0.15) is 0 Å². The highest BCUT2D eigenvalue weighted by atomic mass is 32.2. The molecule has 2 unspecified atom stereocenters. The van der Waals surface area contributed by atoms with Crippen LogP contribution in [-0.2, 0) is 0 Å². The van der Waals surface area contributed by atoms with Crippen molar-refractivity contribution in [3.63, 3.8) is 0 Å². The Hall–Kier alpha value is -0.260. The summed E-state index contributed by atoms with van der Waals surface area (Å²) in [6.45, 7) is 4.30. The third-order valence-corrected chi connectivity index (χ3v) is 5.98. The molecule has 2 rings (SSSR count). The molecule has 0 aromatic carbocycles. The molecule has 3 nitrogen and oxygen atoms in total. The first-order valence-electron chi connectivity index (χ1n) is 6.08. The minimum absolute atomic E-state index is 0.396. The van der Waals surface area contributed by atoms with E-state index in [0.717, 1.165) is 0 Å². The minimum Gasteiger partial charge on any atom is -0.347 e. The average molecular weight is 271 g/mol. The molecule has 17 heavy (non-hydrogen) atoms. The van der Waals surface area contributed by atoms with Gasteiger partial charge in [0.25, 0.3) is 0 Å². The van der Waals surface area contributed by atoms with Crippen molar-refractivity contribution in [1.82, 2.24) is 10.3 Å². The summed E-state index contributed by atoms with van der Waals surface area (Å²) in [5, 5.41) is 4.46. The molecule has 1 aliphatic rings. The summed E-state index contributed by atoms with van der Waals surface area (Å²) >= 11 is 3.88. The van der Waals surface area contributed by atoms with E-state index in [1.165, 1.54) is 33.6 Å². The number of hydrogen-bond acceptors (Lipinski definition) is 5. The lowest BCUT2D eigenvalue weighted by Gasteiger charge is -2.22. The van der Waals surface area contributed by atoms with Gasteiger partial charge in [-0.15, -0.1) is 11.3 Å². The van der Waals surface area contributed by atoms with Crippen LogP contribution in [0.4, 0.5) is 5.13 Å². The first kappa shape index (κ1) is 13.2. The average Bonchev–Trinajstić information content (AvgIpc) is 2.96. The first-order chi connectivity index (χ1) is 8.13. The summed E-state index contributed by atoms with van der Waals surface area (Å²) in [5.41, 5.74) is 1.17. The van der Waals surface area contributed by atoms with Crippen LogP contribution in [0.5, 0.6) is 0 Å². The molecule has 0 saturated carbocycles. The fourth-order valence-corrected chi connectivity index (χ4v) is 4.49. The molecule has 2 atom stereocenters. The zero-order valence-electron chi connectivity index (χ0n) is 11.0. The van der Waals surface area contributed by atoms with E-state index in [-0.39, 0.29) is 0 Å². The van der Waals surface area contributed by atoms with Gasteiger partial charge in [-0.1, -0.05) is 0 Å². The van der Waals surface area contributed by atoms with Crippen LogP contribution in [0.2, 0.25) is 0 Å². The van der Waals surface area contributed by atoms with Crippen LogP contribution in [0.25, 0.3) is 0 Å². The number of aryl methyl sites for hydroxylation is 1. The maximum absolute atomic E-state index is 4.72. The minimum atomic E-state index is 0.396. The molecule has 1 N–H and O–H groups in total. The number of thiazole rings is 1. The van der Waals surface area contributed by atoms with E-state index >= 15 is 0 Å². The topological polar surface area (TPSA) is 28.2 Å². The molecule has 1 aromatic rings. The lowest BCUT2D eigenvalue weighted by atomic mass is 10.2. The maximum Gasteiger partial charge on any atom is 0.185 e. The van der Waals surface area contributed by atoms with Gasteiger partial charge in [-0.05, 0) is 33.1 Å². The van der Waals surface area contributed by atoms with Crippen LogP contribution in [0.3, 0.4) is 0 Å². The normalized spacial score (nSPS) is 21.8. The van der Waals surface area contributed by atoms with Gasteiger partial charge in [-0.3, -0.25) is 0 Å².